The minimum absolute atomic E-state index is 0.760. The van der Waals surface area contributed by atoms with Gasteiger partial charge in [0.2, 0.25) is 0 Å². The normalized spacial score (nSPS) is 10.9. The molecule has 0 spiro atoms. The van der Waals surface area contributed by atoms with Crippen LogP contribution >= 0.6 is 15.9 Å². The summed E-state index contributed by atoms with van der Waals surface area (Å²) in [5.74, 6) is 0. The van der Waals surface area contributed by atoms with E-state index in [2.05, 4.69) is 64.5 Å². The summed E-state index contributed by atoms with van der Waals surface area (Å²) in [6, 6.07) is 4.25. The van der Waals surface area contributed by atoms with Crippen LogP contribution in [0.3, 0.4) is 0 Å². The fraction of sp³-hybridized carbons (Fsp3) is 0.429. The molecule has 0 aliphatic heterocycles. The number of aromatic nitrogens is 3. The van der Waals surface area contributed by atoms with Crippen molar-refractivity contribution in [3.05, 3.63) is 39.6 Å². The second-order valence-corrected chi connectivity index (χ2v) is 5.60. The van der Waals surface area contributed by atoms with Crippen molar-refractivity contribution in [2.24, 2.45) is 0 Å². The van der Waals surface area contributed by atoms with Gasteiger partial charge >= 0.3 is 0 Å². The molecular formula is C14H19BrN4. The molecular weight excluding hydrogens is 304 g/mol. The zero-order valence-corrected chi connectivity index (χ0v) is 13.2. The van der Waals surface area contributed by atoms with Crippen LogP contribution in [-0.4, -0.2) is 21.5 Å². The Morgan fingerprint density at radius 1 is 1.32 bits per heavy atom. The van der Waals surface area contributed by atoms with Gasteiger partial charge in [-0.1, -0.05) is 18.2 Å². The first kappa shape index (κ1) is 14.2. The number of hydrogen-bond donors (Lipinski definition) is 1. The maximum Gasteiger partial charge on any atom is 0.0969 e. The zero-order chi connectivity index (χ0) is 13.8. The first-order chi connectivity index (χ1) is 9.11. The van der Waals surface area contributed by atoms with E-state index in [1.54, 1.807) is 0 Å². The van der Waals surface area contributed by atoms with Gasteiger partial charge in [0.05, 0.1) is 17.6 Å². The van der Waals surface area contributed by atoms with Gasteiger partial charge in [-0.05, 0) is 59.9 Å². The fourth-order valence-corrected chi connectivity index (χ4v) is 2.94. The van der Waals surface area contributed by atoms with E-state index in [9.17, 15) is 0 Å². The molecule has 0 atom stereocenters. The average molecular weight is 323 g/mol. The number of hydrogen-bond acceptors (Lipinski definition) is 3. The first-order valence-corrected chi connectivity index (χ1v) is 7.30. The number of halogens is 1. The van der Waals surface area contributed by atoms with E-state index >= 15 is 0 Å². The Hall–Kier alpha value is -1.20. The van der Waals surface area contributed by atoms with Crippen LogP contribution in [0, 0.1) is 13.8 Å². The Labute approximate surface area is 122 Å². The maximum atomic E-state index is 4.21. The lowest BCUT2D eigenvalue weighted by molar-refractivity contribution is 0.662. The third-order valence-corrected chi connectivity index (χ3v) is 3.51. The minimum Gasteiger partial charge on any atom is -0.311 e. The van der Waals surface area contributed by atoms with Crippen LogP contribution in [0.15, 0.2) is 22.8 Å². The second-order valence-electron chi connectivity index (χ2n) is 4.74. The highest BCUT2D eigenvalue weighted by atomic mass is 79.9. The van der Waals surface area contributed by atoms with Crippen LogP contribution in [-0.2, 0) is 6.54 Å². The molecule has 2 aromatic rings. The standard InChI is InChI=1S/C14H19BrN4/c1-4-5-16-8-12-9-19(18-17-12)14-11(3)6-10(2)7-13(14)15/h6-7,9,16H,4-5,8H2,1-3H3. The Morgan fingerprint density at radius 2 is 2.11 bits per heavy atom. The van der Waals surface area contributed by atoms with Crippen LogP contribution < -0.4 is 5.32 Å². The molecule has 0 fully saturated rings. The molecule has 0 saturated heterocycles. The molecule has 0 bridgehead atoms. The third kappa shape index (κ3) is 3.42. The summed E-state index contributed by atoms with van der Waals surface area (Å²) in [5, 5.41) is 11.7. The summed E-state index contributed by atoms with van der Waals surface area (Å²) in [6.45, 7) is 8.08. The van der Waals surface area contributed by atoms with E-state index in [1.165, 1.54) is 11.1 Å². The lowest BCUT2D eigenvalue weighted by atomic mass is 10.1. The smallest absolute Gasteiger partial charge is 0.0969 e. The van der Waals surface area contributed by atoms with Crippen LogP contribution in [0.4, 0.5) is 0 Å². The number of nitrogens with one attached hydrogen (secondary N) is 1. The Kier molecular flexibility index (Phi) is 4.71. The van der Waals surface area contributed by atoms with E-state index in [1.807, 2.05) is 10.9 Å². The first-order valence-electron chi connectivity index (χ1n) is 6.51. The number of benzene rings is 1. The fourth-order valence-electron chi connectivity index (χ4n) is 2.08. The monoisotopic (exact) mass is 322 g/mol. The van der Waals surface area contributed by atoms with Crippen molar-refractivity contribution in [3.8, 4) is 5.69 Å². The van der Waals surface area contributed by atoms with Crippen molar-refractivity contribution < 1.29 is 0 Å². The molecule has 19 heavy (non-hydrogen) atoms. The van der Waals surface area contributed by atoms with Gasteiger partial charge in [-0.25, -0.2) is 4.68 Å². The van der Waals surface area contributed by atoms with Gasteiger partial charge in [0.15, 0.2) is 0 Å². The predicted octanol–water partition coefficient (Wildman–Crippen LogP) is 3.15. The molecule has 5 heteroatoms. The van der Waals surface area contributed by atoms with E-state index in [-0.39, 0.29) is 0 Å². The summed E-state index contributed by atoms with van der Waals surface area (Å²) in [7, 11) is 0. The van der Waals surface area contributed by atoms with Crippen molar-refractivity contribution >= 4 is 15.9 Å². The molecule has 4 nitrogen and oxygen atoms in total. The maximum absolute atomic E-state index is 4.21. The Bertz CT molecular complexity index is 539. The zero-order valence-electron chi connectivity index (χ0n) is 11.6. The number of rotatable bonds is 5. The summed E-state index contributed by atoms with van der Waals surface area (Å²) in [4.78, 5) is 0. The minimum atomic E-state index is 0.760. The summed E-state index contributed by atoms with van der Waals surface area (Å²) < 4.78 is 2.88. The molecule has 1 aromatic carbocycles. The molecule has 2 rings (SSSR count). The molecule has 1 aromatic heterocycles. The highest BCUT2D eigenvalue weighted by Gasteiger charge is 2.09. The molecule has 1 heterocycles. The summed E-state index contributed by atoms with van der Waals surface area (Å²) in [6.07, 6.45) is 3.10. The molecule has 0 aliphatic carbocycles. The van der Waals surface area contributed by atoms with E-state index in [0.717, 1.165) is 35.4 Å². The van der Waals surface area contributed by atoms with E-state index < -0.39 is 0 Å². The molecule has 0 aliphatic rings. The quantitative estimate of drug-likeness (QED) is 0.860. The topological polar surface area (TPSA) is 42.7 Å². The molecule has 0 unspecified atom stereocenters. The SMILES string of the molecule is CCCNCc1cn(-c2c(C)cc(C)cc2Br)nn1. The Morgan fingerprint density at radius 3 is 2.79 bits per heavy atom. The Balaban J connectivity index is 2.23. The van der Waals surface area contributed by atoms with Crippen LogP contribution in [0.25, 0.3) is 5.69 Å². The van der Waals surface area contributed by atoms with Crippen molar-refractivity contribution in [1.82, 2.24) is 20.3 Å². The van der Waals surface area contributed by atoms with Crippen molar-refractivity contribution in [2.45, 2.75) is 33.7 Å². The molecule has 0 amide bonds. The molecule has 0 radical (unpaired) electrons. The predicted molar refractivity (Wildman–Crippen MR) is 80.5 cm³/mol. The van der Waals surface area contributed by atoms with Crippen LogP contribution in [0.5, 0.6) is 0 Å². The largest absolute Gasteiger partial charge is 0.311 e. The van der Waals surface area contributed by atoms with Crippen molar-refractivity contribution in [3.63, 3.8) is 0 Å². The summed E-state index contributed by atoms with van der Waals surface area (Å²) >= 11 is 3.60. The van der Waals surface area contributed by atoms with Crippen LogP contribution in [0.2, 0.25) is 0 Å². The second kappa shape index (κ2) is 6.30. The van der Waals surface area contributed by atoms with Crippen LogP contribution in [0.1, 0.15) is 30.2 Å². The molecule has 1 N–H and O–H groups in total. The van der Waals surface area contributed by atoms with Gasteiger partial charge in [-0.15, -0.1) is 5.10 Å². The average Bonchev–Trinajstić information content (AvgIpc) is 2.76. The van der Waals surface area contributed by atoms with Crippen molar-refractivity contribution in [2.75, 3.05) is 6.54 Å². The van der Waals surface area contributed by atoms with Gasteiger partial charge in [0.25, 0.3) is 0 Å². The van der Waals surface area contributed by atoms with E-state index in [0.29, 0.717) is 0 Å². The summed E-state index contributed by atoms with van der Waals surface area (Å²) in [5.41, 5.74) is 4.43. The molecule has 102 valence electrons. The number of aryl methyl sites for hydroxylation is 2. The number of nitrogens with zero attached hydrogens (tertiary/aromatic N) is 3. The lowest BCUT2D eigenvalue weighted by Gasteiger charge is -2.09. The van der Waals surface area contributed by atoms with Gasteiger partial charge < -0.3 is 5.32 Å². The van der Waals surface area contributed by atoms with Gasteiger partial charge in [-0.2, -0.15) is 0 Å². The van der Waals surface area contributed by atoms with Crippen molar-refractivity contribution in [1.29, 1.82) is 0 Å². The highest BCUT2D eigenvalue weighted by molar-refractivity contribution is 9.10. The lowest BCUT2D eigenvalue weighted by Crippen LogP contribution is -2.13. The van der Waals surface area contributed by atoms with Gasteiger partial charge in [0, 0.05) is 11.0 Å². The van der Waals surface area contributed by atoms with Gasteiger partial charge in [0.1, 0.15) is 0 Å². The molecule has 0 saturated carbocycles. The van der Waals surface area contributed by atoms with Gasteiger partial charge in [-0.3, -0.25) is 0 Å². The highest BCUT2D eigenvalue weighted by Crippen LogP contribution is 2.25. The van der Waals surface area contributed by atoms with E-state index in [4.69, 9.17) is 0 Å². The third-order valence-electron chi connectivity index (χ3n) is 2.90.